The summed E-state index contributed by atoms with van der Waals surface area (Å²) in [6.07, 6.45) is 3.62. The molecule has 1 aromatic carbocycles. The van der Waals surface area contributed by atoms with Crippen LogP contribution in [0.25, 0.3) is 5.69 Å². The molecule has 11 heteroatoms. The zero-order chi connectivity index (χ0) is 19.5. The Morgan fingerprint density at radius 1 is 1.32 bits per heavy atom. The second-order valence-corrected chi connectivity index (χ2v) is 7.10. The first kappa shape index (κ1) is 18.2. The minimum atomic E-state index is -0.552. The van der Waals surface area contributed by atoms with Gasteiger partial charge in [-0.25, -0.2) is 9.37 Å². The average molecular weight is 400 g/mol. The van der Waals surface area contributed by atoms with Crippen molar-refractivity contribution < 1.29 is 9.18 Å². The van der Waals surface area contributed by atoms with Gasteiger partial charge in [-0.2, -0.15) is 9.78 Å². The molecule has 3 aromatic rings. The van der Waals surface area contributed by atoms with E-state index in [1.165, 1.54) is 28.2 Å². The van der Waals surface area contributed by atoms with Crippen LogP contribution in [0.1, 0.15) is 24.2 Å². The number of halogens is 1. The van der Waals surface area contributed by atoms with Gasteiger partial charge >= 0.3 is 0 Å². The average Bonchev–Trinajstić information content (AvgIpc) is 3.43. The van der Waals surface area contributed by atoms with Crippen LogP contribution < -0.4 is 5.32 Å². The number of hydrogen-bond acceptors (Lipinski definition) is 8. The van der Waals surface area contributed by atoms with E-state index in [9.17, 15) is 9.18 Å². The minimum absolute atomic E-state index is 0.135. The fourth-order valence-corrected chi connectivity index (χ4v) is 3.42. The Hall–Kier alpha value is -3.21. The first-order chi connectivity index (χ1) is 13.6. The fourth-order valence-electron chi connectivity index (χ4n) is 2.90. The third kappa shape index (κ3) is 3.74. The van der Waals surface area contributed by atoms with Crippen molar-refractivity contribution in [3.05, 3.63) is 47.0 Å². The zero-order valence-electron chi connectivity index (χ0n) is 15.0. The number of aryl methyl sites for hydroxylation is 1. The Bertz CT molecular complexity index is 1010. The summed E-state index contributed by atoms with van der Waals surface area (Å²) in [5.41, 5.74) is 0.705. The number of carbonyl (C=O) groups excluding carboxylic acids is 1. The number of nitrogens with zero attached hydrogens (tertiary/aromatic N) is 7. The van der Waals surface area contributed by atoms with Crippen LogP contribution in [0.3, 0.4) is 0 Å². The number of thiazole rings is 1. The molecule has 1 saturated heterocycles. The maximum atomic E-state index is 14.8. The Morgan fingerprint density at radius 2 is 2.14 bits per heavy atom. The second kappa shape index (κ2) is 7.80. The number of anilines is 1. The van der Waals surface area contributed by atoms with Crippen LogP contribution in [0, 0.1) is 12.7 Å². The first-order valence-corrected chi connectivity index (χ1v) is 9.59. The van der Waals surface area contributed by atoms with Crippen LogP contribution in [-0.2, 0) is 4.79 Å². The number of hydrogen-bond donors (Lipinski definition) is 1. The molecule has 9 nitrogen and oxygen atoms in total. The van der Waals surface area contributed by atoms with Crippen LogP contribution in [0.4, 0.5) is 9.52 Å². The summed E-state index contributed by atoms with van der Waals surface area (Å²) in [4.78, 5) is 16.9. The molecule has 1 N–H and O–H groups in total. The molecule has 4 rings (SSSR count). The van der Waals surface area contributed by atoms with E-state index in [1.54, 1.807) is 24.6 Å². The maximum Gasteiger partial charge on any atom is 0.278 e. The summed E-state index contributed by atoms with van der Waals surface area (Å²) in [7, 11) is 0. The molecule has 1 fully saturated rings. The van der Waals surface area contributed by atoms with Gasteiger partial charge in [-0.15, -0.1) is 16.4 Å². The predicted octanol–water partition coefficient (Wildman–Crippen LogP) is 2.00. The number of tetrazole rings is 1. The van der Waals surface area contributed by atoms with Gasteiger partial charge in [-0.3, -0.25) is 15.1 Å². The van der Waals surface area contributed by atoms with E-state index in [0.717, 1.165) is 25.9 Å². The third-order valence-electron chi connectivity index (χ3n) is 4.27. The number of aromatic nitrogens is 5. The molecule has 2 aromatic heterocycles. The van der Waals surface area contributed by atoms with E-state index in [1.807, 2.05) is 5.01 Å². The molecular weight excluding hydrogens is 383 g/mol. The lowest BCUT2D eigenvalue weighted by molar-refractivity contribution is -0.110. The lowest BCUT2D eigenvalue weighted by Gasteiger charge is -2.14. The topological polar surface area (TPSA) is 101 Å². The second-order valence-electron chi connectivity index (χ2n) is 6.20. The molecule has 1 amide bonds. The fraction of sp³-hybridized carbons (Fsp3) is 0.294. The number of rotatable bonds is 5. The van der Waals surface area contributed by atoms with Gasteiger partial charge in [-0.1, -0.05) is 6.07 Å². The van der Waals surface area contributed by atoms with E-state index in [2.05, 4.69) is 30.9 Å². The minimum Gasteiger partial charge on any atom is -0.296 e. The van der Waals surface area contributed by atoms with E-state index in [-0.39, 0.29) is 11.4 Å². The van der Waals surface area contributed by atoms with Gasteiger partial charge in [0.05, 0.1) is 0 Å². The standard InChI is InChI=1S/C17H17FN8OS/c1-11-21-23-24-26(11)14-5-4-12(10-13(14)18)15(22-25-7-2-3-8-25)16(27)20-17-19-6-9-28-17/h4-6,9-10H,2-3,7-8H2,1H3,(H,19,20,27). The van der Waals surface area contributed by atoms with Crippen molar-refractivity contribution in [3.8, 4) is 5.69 Å². The number of hydrazone groups is 1. The molecule has 3 heterocycles. The van der Waals surface area contributed by atoms with Gasteiger partial charge < -0.3 is 0 Å². The van der Waals surface area contributed by atoms with E-state index < -0.39 is 11.7 Å². The van der Waals surface area contributed by atoms with Crippen LogP contribution >= 0.6 is 11.3 Å². The Kier molecular flexibility index (Phi) is 5.06. The van der Waals surface area contributed by atoms with E-state index in [0.29, 0.717) is 16.5 Å². The largest absolute Gasteiger partial charge is 0.296 e. The van der Waals surface area contributed by atoms with Crippen molar-refractivity contribution in [2.45, 2.75) is 19.8 Å². The lowest BCUT2D eigenvalue weighted by atomic mass is 10.1. The van der Waals surface area contributed by atoms with Crippen LogP contribution in [0.2, 0.25) is 0 Å². The molecule has 1 aliphatic rings. The Morgan fingerprint density at radius 3 is 2.79 bits per heavy atom. The smallest absolute Gasteiger partial charge is 0.278 e. The molecule has 0 radical (unpaired) electrons. The molecule has 28 heavy (non-hydrogen) atoms. The number of carbonyl (C=O) groups is 1. The Labute approximate surface area is 163 Å². The van der Waals surface area contributed by atoms with Gasteiger partial charge in [0.25, 0.3) is 5.91 Å². The molecule has 0 unspecified atom stereocenters. The molecule has 0 spiro atoms. The summed E-state index contributed by atoms with van der Waals surface area (Å²) in [6, 6.07) is 4.44. The summed E-state index contributed by atoms with van der Waals surface area (Å²) < 4.78 is 16.1. The molecule has 0 saturated carbocycles. The molecule has 1 aliphatic heterocycles. The van der Waals surface area contributed by atoms with Gasteiger partial charge in [0.1, 0.15) is 11.5 Å². The highest BCUT2D eigenvalue weighted by Crippen LogP contribution is 2.18. The third-order valence-corrected chi connectivity index (χ3v) is 4.95. The van der Waals surface area contributed by atoms with Crippen molar-refractivity contribution in [2.24, 2.45) is 5.10 Å². The molecular formula is C17H17FN8OS. The molecule has 0 aliphatic carbocycles. The molecule has 0 bridgehead atoms. The quantitative estimate of drug-likeness (QED) is 0.658. The van der Waals surface area contributed by atoms with Gasteiger partial charge in [0.15, 0.2) is 16.7 Å². The number of benzene rings is 1. The first-order valence-electron chi connectivity index (χ1n) is 8.71. The van der Waals surface area contributed by atoms with Crippen molar-refractivity contribution in [3.63, 3.8) is 0 Å². The van der Waals surface area contributed by atoms with Crippen molar-refractivity contribution in [1.29, 1.82) is 0 Å². The maximum absolute atomic E-state index is 14.8. The zero-order valence-corrected chi connectivity index (χ0v) is 15.9. The van der Waals surface area contributed by atoms with Crippen molar-refractivity contribution in [2.75, 3.05) is 18.4 Å². The highest BCUT2D eigenvalue weighted by Gasteiger charge is 2.21. The van der Waals surface area contributed by atoms with Crippen LogP contribution in [0.15, 0.2) is 34.9 Å². The monoisotopic (exact) mass is 400 g/mol. The lowest BCUT2D eigenvalue weighted by Crippen LogP contribution is -2.27. The predicted molar refractivity (Wildman–Crippen MR) is 102 cm³/mol. The van der Waals surface area contributed by atoms with Gasteiger partial charge in [0.2, 0.25) is 0 Å². The summed E-state index contributed by atoms with van der Waals surface area (Å²) >= 11 is 1.30. The molecule has 144 valence electrons. The summed E-state index contributed by atoms with van der Waals surface area (Å²) in [6.45, 7) is 3.20. The molecule has 0 atom stereocenters. The van der Waals surface area contributed by atoms with Crippen molar-refractivity contribution >= 4 is 28.1 Å². The van der Waals surface area contributed by atoms with Crippen molar-refractivity contribution in [1.82, 2.24) is 30.2 Å². The number of nitrogens with one attached hydrogen (secondary N) is 1. The highest BCUT2D eigenvalue weighted by molar-refractivity contribution is 7.13. The van der Waals surface area contributed by atoms with Crippen LogP contribution in [0.5, 0.6) is 0 Å². The van der Waals surface area contributed by atoms with Gasteiger partial charge in [-0.05, 0) is 42.3 Å². The van der Waals surface area contributed by atoms with E-state index in [4.69, 9.17) is 0 Å². The summed E-state index contributed by atoms with van der Waals surface area (Å²) in [5.74, 6) is -0.532. The van der Waals surface area contributed by atoms with Crippen LogP contribution in [-0.4, -0.2) is 54.9 Å². The van der Waals surface area contributed by atoms with E-state index >= 15 is 0 Å². The normalized spacial score (nSPS) is 14.5. The summed E-state index contributed by atoms with van der Waals surface area (Å²) in [5, 5.41) is 22.3. The SMILES string of the molecule is Cc1nnnn1-c1ccc(C(=NN2CCCC2)C(=O)Nc2nccs2)cc1F. The number of amides is 1. The van der Waals surface area contributed by atoms with Gasteiger partial charge in [0, 0.05) is 30.2 Å². The highest BCUT2D eigenvalue weighted by atomic mass is 32.1. The Balaban J connectivity index is 1.68.